The number of unbranched alkanes of at least 4 members (excludes halogenated alkanes) is 2. The summed E-state index contributed by atoms with van der Waals surface area (Å²) in [5, 5.41) is 8.83. The lowest BCUT2D eigenvalue weighted by Crippen LogP contribution is -2.14. The number of carbonyl (C=O) groups is 1. The number of carbonyl (C=O) groups excluding carboxylic acids is 1. The highest BCUT2D eigenvalue weighted by Gasteiger charge is 2.18. The van der Waals surface area contributed by atoms with E-state index in [9.17, 15) is 4.79 Å². The summed E-state index contributed by atoms with van der Waals surface area (Å²) < 4.78 is 0. The molecule has 0 amide bonds. The second kappa shape index (κ2) is 11.1. The minimum Gasteiger partial charge on any atom is -0.391 e. The second-order valence-corrected chi connectivity index (χ2v) is 8.18. The van der Waals surface area contributed by atoms with Crippen molar-refractivity contribution in [1.82, 2.24) is 0 Å². The average molecular weight is 409 g/mol. The van der Waals surface area contributed by atoms with Crippen molar-refractivity contribution in [3.63, 3.8) is 0 Å². The van der Waals surface area contributed by atoms with Crippen molar-refractivity contribution in [1.29, 1.82) is 0 Å². The lowest BCUT2D eigenvalue weighted by molar-refractivity contribution is -0.276. The van der Waals surface area contributed by atoms with Crippen LogP contribution in [0.3, 0.4) is 0 Å². The molecule has 1 atom stereocenters. The molecule has 1 unspecified atom stereocenters. The molecular weight excluding hydrogens is 376 g/mol. The molecule has 160 valence electrons. The molecule has 0 saturated heterocycles. The predicted octanol–water partition coefficient (Wildman–Crippen LogP) is 5.56. The van der Waals surface area contributed by atoms with Crippen molar-refractivity contribution >= 4 is 5.97 Å². The van der Waals surface area contributed by atoms with Gasteiger partial charge in [-0.2, -0.15) is 4.89 Å². The van der Waals surface area contributed by atoms with Gasteiger partial charge in [-0.25, -0.2) is 4.79 Å². The SMILES string of the molecule is C=C(CO)C(=O)OOCc1ccc(-c2ccc3c(c2)CCC(CCCCC)C3)cc1. The van der Waals surface area contributed by atoms with E-state index >= 15 is 0 Å². The quantitative estimate of drug-likeness (QED) is 0.242. The van der Waals surface area contributed by atoms with E-state index in [4.69, 9.17) is 9.99 Å². The number of benzene rings is 2. The van der Waals surface area contributed by atoms with Crippen LogP contribution in [0.5, 0.6) is 0 Å². The monoisotopic (exact) mass is 408 g/mol. The number of fused-ring (bicyclic) bond motifs is 1. The third kappa shape index (κ3) is 6.04. The Labute approximate surface area is 179 Å². The smallest absolute Gasteiger partial charge is 0.370 e. The minimum absolute atomic E-state index is 0.0370. The first-order chi connectivity index (χ1) is 14.6. The first kappa shape index (κ1) is 22.3. The van der Waals surface area contributed by atoms with Gasteiger partial charge >= 0.3 is 5.97 Å². The Morgan fingerprint density at radius 3 is 2.60 bits per heavy atom. The van der Waals surface area contributed by atoms with Gasteiger partial charge in [0.1, 0.15) is 6.61 Å². The van der Waals surface area contributed by atoms with Crippen LogP contribution in [0.2, 0.25) is 0 Å². The molecule has 2 aromatic carbocycles. The molecule has 0 spiro atoms. The molecule has 0 radical (unpaired) electrons. The Morgan fingerprint density at radius 1 is 1.10 bits per heavy atom. The van der Waals surface area contributed by atoms with E-state index in [1.165, 1.54) is 61.6 Å². The van der Waals surface area contributed by atoms with Gasteiger partial charge in [0.05, 0.1) is 12.2 Å². The molecule has 0 saturated carbocycles. The zero-order valence-electron chi connectivity index (χ0n) is 17.9. The summed E-state index contributed by atoms with van der Waals surface area (Å²) in [7, 11) is 0. The highest BCUT2D eigenvalue weighted by atomic mass is 17.2. The van der Waals surface area contributed by atoms with Crippen LogP contribution in [0.15, 0.2) is 54.6 Å². The Morgan fingerprint density at radius 2 is 1.87 bits per heavy atom. The maximum Gasteiger partial charge on any atom is 0.370 e. The van der Waals surface area contributed by atoms with Crippen LogP contribution in [0.1, 0.15) is 55.7 Å². The topological polar surface area (TPSA) is 55.8 Å². The molecule has 0 heterocycles. The Kier molecular flexibility index (Phi) is 8.23. The largest absolute Gasteiger partial charge is 0.391 e. The first-order valence-electron chi connectivity index (χ1n) is 10.9. The number of hydrogen-bond donors (Lipinski definition) is 1. The number of aliphatic hydroxyl groups is 1. The molecule has 0 aliphatic heterocycles. The van der Waals surface area contributed by atoms with Crippen LogP contribution in [0.25, 0.3) is 11.1 Å². The molecule has 0 bridgehead atoms. The van der Waals surface area contributed by atoms with Crippen molar-refractivity contribution in [2.45, 2.75) is 58.5 Å². The van der Waals surface area contributed by atoms with E-state index in [1.54, 1.807) is 0 Å². The molecule has 3 rings (SSSR count). The molecule has 30 heavy (non-hydrogen) atoms. The van der Waals surface area contributed by atoms with Crippen LogP contribution in [0, 0.1) is 5.92 Å². The molecule has 2 aromatic rings. The minimum atomic E-state index is -0.754. The summed E-state index contributed by atoms with van der Waals surface area (Å²) in [4.78, 5) is 21.0. The van der Waals surface area contributed by atoms with Crippen molar-refractivity contribution in [3.8, 4) is 11.1 Å². The van der Waals surface area contributed by atoms with Crippen LogP contribution < -0.4 is 0 Å². The second-order valence-electron chi connectivity index (χ2n) is 8.18. The van der Waals surface area contributed by atoms with Crippen molar-refractivity contribution in [3.05, 3.63) is 71.3 Å². The molecule has 0 fully saturated rings. The maximum atomic E-state index is 11.4. The summed E-state index contributed by atoms with van der Waals surface area (Å²) in [5.74, 6) is 0.0913. The Bertz CT molecular complexity index is 854. The lowest BCUT2D eigenvalue weighted by Gasteiger charge is -2.25. The first-order valence-corrected chi connectivity index (χ1v) is 10.9. The summed E-state index contributed by atoms with van der Waals surface area (Å²) >= 11 is 0. The van der Waals surface area contributed by atoms with E-state index in [-0.39, 0.29) is 12.2 Å². The third-order valence-electron chi connectivity index (χ3n) is 5.88. The molecule has 1 aliphatic carbocycles. The van der Waals surface area contributed by atoms with Gasteiger partial charge in [0.2, 0.25) is 0 Å². The van der Waals surface area contributed by atoms with Crippen LogP contribution >= 0.6 is 0 Å². The predicted molar refractivity (Wildman–Crippen MR) is 119 cm³/mol. The normalized spacial score (nSPS) is 15.5. The summed E-state index contributed by atoms with van der Waals surface area (Å²) in [6, 6.07) is 14.9. The van der Waals surface area contributed by atoms with Gasteiger partial charge in [-0.3, -0.25) is 4.89 Å². The van der Waals surface area contributed by atoms with Crippen molar-refractivity contribution < 1.29 is 19.7 Å². The van der Waals surface area contributed by atoms with E-state index in [2.05, 4.69) is 48.7 Å². The number of hydrogen-bond acceptors (Lipinski definition) is 4. The van der Waals surface area contributed by atoms with Gasteiger partial charge in [0.15, 0.2) is 0 Å². The zero-order chi connectivity index (χ0) is 21.3. The highest BCUT2D eigenvalue weighted by molar-refractivity contribution is 5.87. The highest BCUT2D eigenvalue weighted by Crippen LogP contribution is 2.32. The lowest BCUT2D eigenvalue weighted by atomic mass is 9.80. The van der Waals surface area contributed by atoms with Gasteiger partial charge in [0, 0.05) is 0 Å². The van der Waals surface area contributed by atoms with Gasteiger partial charge in [-0.05, 0) is 53.0 Å². The van der Waals surface area contributed by atoms with Gasteiger partial charge in [-0.1, -0.05) is 81.7 Å². The third-order valence-corrected chi connectivity index (χ3v) is 5.88. The standard InChI is InChI=1S/C26H32O4/c1-3-4-5-6-20-7-12-25-16-24(14-13-23(25)15-20)22-10-8-21(9-11-22)18-29-30-26(28)19(2)17-27/h8-11,13-14,16,20,27H,2-7,12,15,17-18H2,1H3. The van der Waals surface area contributed by atoms with E-state index in [1.807, 2.05) is 12.1 Å². The fourth-order valence-corrected chi connectivity index (χ4v) is 4.01. The summed E-state index contributed by atoms with van der Waals surface area (Å²) in [6.07, 6.45) is 9.07. The maximum absolute atomic E-state index is 11.4. The van der Waals surface area contributed by atoms with Gasteiger partial charge < -0.3 is 5.11 Å². The molecular formula is C26H32O4. The molecule has 4 nitrogen and oxygen atoms in total. The summed E-state index contributed by atoms with van der Waals surface area (Å²) in [6.45, 7) is 5.36. The van der Waals surface area contributed by atoms with Crippen LogP contribution in [-0.2, 0) is 34.0 Å². The zero-order valence-corrected chi connectivity index (χ0v) is 17.9. The van der Waals surface area contributed by atoms with Crippen LogP contribution in [-0.4, -0.2) is 17.7 Å². The van der Waals surface area contributed by atoms with E-state index in [0.29, 0.717) is 0 Å². The number of aliphatic hydroxyl groups excluding tert-OH is 1. The Balaban J connectivity index is 1.55. The molecule has 1 aliphatic rings. The summed E-state index contributed by atoms with van der Waals surface area (Å²) in [5.41, 5.74) is 6.26. The average Bonchev–Trinajstić information content (AvgIpc) is 2.78. The van der Waals surface area contributed by atoms with E-state index in [0.717, 1.165) is 17.0 Å². The van der Waals surface area contributed by atoms with Crippen molar-refractivity contribution in [2.24, 2.45) is 5.92 Å². The fourth-order valence-electron chi connectivity index (χ4n) is 4.01. The fraction of sp³-hybridized carbons (Fsp3) is 0.423. The van der Waals surface area contributed by atoms with E-state index < -0.39 is 12.6 Å². The van der Waals surface area contributed by atoms with Gasteiger partial charge in [0.25, 0.3) is 0 Å². The number of aryl methyl sites for hydroxylation is 1. The number of rotatable bonds is 10. The molecule has 4 heteroatoms. The van der Waals surface area contributed by atoms with Gasteiger partial charge in [-0.15, -0.1) is 0 Å². The molecule has 0 aromatic heterocycles. The molecule has 1 N–H and O–H groups in total. The van der Waals surface area contributed by atoms with Crippen LogP contribution in [0.4, 0.5) is 0 Å². The van der Waals surface area contributed by atoms with Crippen molar-refractivity contribution in [2.75, 3.05) is 6.61 Å². The Hall–Kier alpha value is -2.43.